The van der Waals surface area contributed by atoms with Crippen molar-refractivity contribution in [2.45, 2.75) is 26.9 Å². The third-order valence-electron chi connectivity index (χ3n) is 5.72. The first-order chi connectivity index (χ1) is 14.0. The van der Waals surface area contributed by atoms with E-state index in [0.717, 1.165) is 30.7 Å². The van der Waals surface area contributed by atoms with Crippen molar-refractivity contribution in [1.82, 2.24) is 19.6 Å². The summed E-state index contributed by atoms with van der Waals surface area (Å²) in [5, 5.41) is 5.81. The van der Waals surface area contributed by atoms with Gasteiger partial charge in [-0.1, -0.05) is 42.5 Å². The molecule has 0 N–H and O–H groups in total. The van der Waals surface area contributed by atoms with Crippen LogP contribution in [0.2, 0.25) is 0 Å². The van der Waals surface area contributed by atoms with Crippen molar-refractivity contribution in [3.8, 4) is 0 Å². The SMILES string of the molecule is Cc1ccccc1CN1CCN(C(=O)Cn2nc(C)c3ccccc3c2=O)CC1. The zero-order chi connectivity index (χ0) is 20.4. The number of rotatable bonds is 4. The Kier molecular flexibility index (Phi) is 5.45. The molecule has 2 aromatic carbocycles. The lowest BCUT2D eigenvalue weighted by Gasteiger charge is -2.35. The highest BCUT2D eigenvalue weighted by atomic mass is 16.2. The Morgan fingerprint density at radius 1 is 0.931 bits per heavy atom. The summed E-state index contributed by atoms with van der Waals surface area (Å²) >= 11 is 0. The van der Waals surface area contributed by atoms with Gasteiger partial charge in [-0.25, -0.2) is 4.68 Å². The Balaban J connectivity index is 1.41. The van der Waals surface area contributed by atoms with Gasteiger partial charge in [0.05, 0.1) is 11.1 Å². The molecule has 0 atom stereocenters. The smallest absolute Gasteiger partial charge is 0.275 e. The minimum Gasteiger partial charge on any atom is -0.339 e. The van der Waals surface area contributed by atoms with Gasteiger partial charge in [0.2, 0.25) is 5.91 Å². The summed E-state index contributed by atoms with van der Waals surface area (Å²) in [6.07, 6.45) is 0. The van der Waals surface area contributed by atoms with Crippen LogP contribution in [0, 0.1) is 13.8 Å². The fraction of sp³-hybridized carbons (Fsp3) is 0.348. The molecule has 0 aliphatic carbocycles. The molecule has 4 rings (SSSR count). The zero-order valence-corrected chi connectivity index (χ0v) is 17.0. The molecular formula is C23H26N4O2. The van der Waals surface area contributed by atoms with Gasteiger partial charge in [0.15, 0.2) is 0 Å². The predicted molar refractivity (Wildman–Crippen MR) is 114 cm³/mol. The van der Waals surface area contributed by atoms with Crippen molar-refractivity contribution in [2.24, 2.45) is 0 Å². The molecule has 1 aliphatic rings. The molecule has 1 aliphatic heterocycles. The highest BCUT2D eigenvalue weighted by Crippen LogP contribution is 2.14. The van der Waals surface area contributed by atoms with Crippen LogP contribution >= 0.6 is 0 Å². The first-order valence-electron chi connectivity index (χ1n) is 10.0. The standard InChI is InChI=1S/C23H26N4O2/c1-17-7-3-4-8-19(17)15-25-11-13-26(14-12-25)22(28)16-27-23(29)21-10-6-5-9-20(21)18(2)24-27/h3-10H,11-16H2,1-2H3. The summed E-state index contributed by atoms with van der Waals surface area (Å²) in [6.45, 7) is 7.90. The molecule has 2 heterocycles. The number of hydrogen-bond acceptors (Lipinski definition) is 4. The van der Waals surface area contributed by atoms with E-state index in [4.69, 9.17) is 0 Å². The normalized spacial score (nSPS) is 15.0. The Morgan fingerprint density at radius 3 is 2.31 bits per heavy atom. The fourth-order valence-electron chi connectivity index (χ4n) is 3.92. The number of hydrogen-bond donors (Lipinski definition) is 0. The summed E-state index contributed by atoms with van der Waals surface area (Å²) < 4.78 is 1.31. The number of aryl methyl sites for hydroxylation is 2. The Bertz CT molecular complexity index is 1100. The first kappa shape index (κ1) is 19.3. The molecule has 1 saturated heterocycles. The van der Waals surface area contributed by atoms with Gasteiger partial charge < -0.3 is 4.90 Å². The highest BCUT2D eigenvalue weighted by Gasteiger charge is 2.22. The van der Waals surface area contributed by atoms with Crippen LogP contribution in [0.25, 0.3) is 10.8 Å². The van der Waals surface area contributed by atoms with Gasteiger partial charge in [0.1, 0.15) is 6.54 Å². The van der Waals surface area contributed by atoms with Crippen molar-refractivity contribution in [3.63, 3.8) is 0 Å². The van der Waals surface area contributed by atoms with Crippen LogP contribution in [0.15, 0.2) is 53.3 Å². The second kappa shape index (κ2) is 8.17. The molecule has 6 nitrogen and oxygen atoms in total. The van der Waals surface area contributed by atoms with Crippen LogP contribution in [0.5, 0.6) is 0 Å². The highest BCUT2D eigenvalue weighted by molar-refractivity contribution is 5.83. The third kappa shape index (κ3) is 4.07. The second-order valence-electron chi connectivity index (χ2n) is 7.68. The van der Waals surface area contributed by atoms with E-state index in [1.165, 1.54) is 15.8 Å². The van der Waals surface area contributed by atoms with E-state index >= 15 is 0 Å². The van der Waals surface area contributed by atoms with Gasteiger partial charge in [0.25, 0.3) is 5.56 Å². The van der Waals surface area contributed by atoms with Crippen LogP contribution in [0.4, 0.5) is 0 Å². The molecule has 0 spiro atoms. The van der Waals surface area contributed by atoms with Crippen molar-refractivity contribution in [1.29, 1.82) is 0 Å². The lowest BCUT2D eigenvalue weighted by atomic mass is 10.1. The number of carbonyl (C=O) groups is 1. The van der Waals surface area contributed by atoms with Crippen LogP contribution in [-0.2, 0) is 17.9 Å². The van der Waals surface area contributed by atoms with Crippen LogP contribution in [0.3, 0.4) is 0 Å². The largest absolute Gasteiger partial charge is 0.339 e. The van der Waals surface area contributed by atoms with Crippen LogP contribution < -0.4 is 5.56 Å². The zero-order valence-electron chi connectivity index (χ0n) is 17.0. The predicted octanol–water partition coefficient (Wildman–Crippen LogP) is 2.36. The van der Waals surface area contributed by atoms with Crippen molar-refractivity contribution >= 4 is 16.7 Å². The van der Waals surface area contributed by atoms with Gasteiger partial charge in [-0.2, -0.15) is 5.10 Å². The maximum Gasteiger partial charge on any atom is 0.275 e. The third-order valence-corrected chi connectivity index (χ3v) is 5.72. The Morgan fingerprint density at radius 2 is 1.59 bits per heavy atom. The second-order valence-corrected chi connectivity index (χ2v) is 7.68. The van der Waals surface area contributed by atoms with Crippen LogP contribution in [0.1, 0.15) is 16.8 Å². The molecule has 0 bridgehead atoms. The van der Waals surface area contributed by atoms with Gasteiger partial charge in [-0.15, -0.1) is 0 Å². The Hall–Kier alpha value is -2.99. The molecule has 1 aromatic heterocycles. The van der Waals surface area contributed by atoms with Crippen molar-refractivity contribution < 1.29 is 4.79 Å². The minimum atomic E-state index is -0.210. The summed E-state index contributed by atoms with van der Waals surface area (Å²) in [5.41, 5.74) is 3.17. The van der Waals surface area contributed by atoms with Crippen molar-refractivity contribution in [3.05, 3.63) is 75.7 Å². The van der Waals surface area contributed by atoms with E-state index in [2.05, 4.69) is 41.2 Å². The van der Waals surface area contributed by atoms with E-state index in [1.807, 2.05) is 30.0 Å². The summed E-state index contributed by atoms with van der Waals surface area (Å²) in [7, 11) is 0. The summed E-state index contributed by atoms with van der Waals surface area (Å²) in [5.74, 6) is -0.0511. The number of aromatic nitrogens is 2. The van der Waals surface area contributed by atoms with Gasteiger partial charge in [-0.05, 0) is 31.0 Å². The topological polar surface area (TPSA) is 58.4 Å². The average Bonchev–Trinajstić information content (AvgIpc) is 2.74. The molecule has 29 heavy (non-hydrogen) atoms. The average molecular weight is 390 g/mol. The molecule has 1 amide bonds. The lowest BCUT2D eigenvalue weighted by Crippen LogP contribution is -2.49. The molecule has 150 valence electrons. The van der Waals surface area contributed by atoms with Gasteiger partial charge in [-0.3, -0.25) is 14.5 Å². The molecule has 1 fully saturated rings. The lowest BCUT2D eigenvalue weighted by molar-refractivity contribution is -0.133. The first-order valence-corrected chi connectivity index (χ1v) is 10.0. The maximum atomic E-state index is 12.8. The Labute approximate surface area is 170 Å². The number of fused-ring (bicyclic) bond motifs is 1. The molecule has 0 radical (unpaired) electrons. The number of piperazine rings is 1. The van der Waals surface area contributed by atoms with E-state index in [0.29, 0.717) is 18.5 Å². The number of nitrogens with zero attached hydrogens (tertiary/aromatic N) is 4. The van der Waals surface area contributed by atoms with Crippen LogP contribution in [-0.4, -0.2) is 51.7 Å². The number of amides is 1. The minimum absolute atomic E-state index is 0.0116. The van der Waals surface area contributed by atoms with E-state index in [-0.39, 0.29) is 18.0 Å². The molecule has 0 saturated carbocycles. The maximum absolute atomic E-state index is 12.8. The van der Waals surface area contributed by atoms with E-state index < -0.39 is 0 Å². The number of carbonyl (C=O) groups excluding carboxylic acids is 1. The summed E-state index contributed by atoms with van der Waals surface area (Å²) in [6, 6.07) is 15.8. The van der Waals surface area contributed by atoms with Gasteiger partial charge >= 0.3 is 0 Å². The monoisotopic (exact) mass is 390 g/mol. The summed E-state index contributed by atoms with van der Waals surface area (Å²) in [4.78, 5) is 29.7. The molecule has 3 aromatic rings. The quantitative estimate of drug-likeness (QED) is 0.686. The number of benzene rings is 2. The van der Waals surface area contributed by atoms with E-state index in [9.17, 15) is 9.59 Å². The molecular weight excluding hydrogens is 364 g/mol. The van der Waals surface area contributed by atoms with E-state index in [1.54, 1.807) is 6.07 Å². The van der Waals surface area contributed by atoms with Gasteiger partial charge in [0, 0.05) is 38.1 Å². The fourth-order valence-corrected chi connectivity index (χ4v) is 3.92. The van der Waals surface area contributed by atoms with Crippen molar-refractivity contribution in [2.75, 3.05) is 26.2 Å². The molecule has 6 heteroatoms. The molecule has 0 unspecified atom stereocenters.